The quantitative estimate of drug-likeness (QED) is 0.316. The predicted molar refractivity (Wildman–Crippen MR) is 150 cm³/mol. The molecule has 3 aromatic carbocycles. The van der Waals surface area contributed by atoms with Crippen LogP contribution in [0.15, 0.2) is 54.6 Å². The van der Waals surface area contributed by atoms with Gasteiger partial charge < -0.3 is 20.1 Å². The maximum Gasteiger partial charge on any atom is 0.262 e. The van der Waals surface area contributed by atoms with Crippen LogP contribution in [0.3, 0.4) is 0 Å². The van der Waals surface area contributed by atoms with Crippen LogP contribution in [0.25, 0.3) is 0 Å². The van der Waals surface area contributed by atoms with E-state index >= 15 is 0 Å². The first kappa shape index (κ1) is 27.8. The van der Waals surface area contributed by atoms with Crippen molar-refractivity contribution in [3.8, 4) is 11.5 Å². The molecule has 6 nitrogen and oxygen atoms in total. The second-order valence-electron chi connectivity index (χ2n) is 10.1. The summed E-state index contributed by atoms with van der Waals surface area (Å²) in [7, 11) is 0. The molecule has 0 aliphatic heterocycles. The van der Waals surface area contributed by atoms with Crippen LogP contribution in [-0.4, -0.2) is 25.0 Å². The summed E-state index contributed by atoms with van der Waals surface area (Å²) >= 11 is 0. The highest BCUT2D eigenvalue weighted by molar-refractivity contribution is 5.95. The molecule has 3 aromatic rings. The van der Waals surface area contributed by atoms with Crippen molar-refractivity contribution in [2.45, 2.75) is 60.3 Å². The van der Waals surface area contributed by atoms with Gasteiger partial charge in [0.25, 0.3) is 11.8 Å². The zero-order valence-corrected chi connectivity index (χ0v) is 22.9. The number of ether oxygens (including phenoxy) is 2. The molecule has 0 saturated carbocycles. The van der Waals surface area contributed by atoms with Gasteiger partial charge in [-0.3, -0.25) is 9.59 Å². The highest BCUT2D eigenvalue weighted by Crippen LogP contribution is 2.29. The number of carbonyl (C=O) groups is 2. The van der Waals surface area contributed by atoms with Gasteiger partial charge in [-0.25, -0.2) is 0 Å². The number of carbonyl (C=O) groups excluding carboxylic acids is 2. The number of anilines is 2. The molecule has 0 spiro atoms. The molecule has 0 aromatic heterocycles. The summed E-state index contributed by atoms with van der Waals surface area (Å²) in [5.41, 5.74) is 6.34. The van der Waals surface area contributed by atoms with Gasteiger partial charge in [0.1, 0.15) is 11.5 Å². The number of rotatable bonds is 10. The van der Waals surface area contributed by atoms with Crippen LogP contribution < -0.4 is 20.1 Å². The first-order valence-corrected chi connectivity index (χ1v) is 12.7. The molecule has 37 heavy (non-hydrogen) atoms. The lowest BCUT2D eigenvalue weighted by molar-refractivity contribution is -0.118. The van der Waals surface area contributed by atoms with Gasteiger partial charge in [-0.15, -0.1) is 0 Å². The van der Waals surface area contributed by atoms with Crippen molar-refractivity contribution in [2.75, 3.05) is 23.8 Å². The minimum Gasteiger partial charge on any atom is -0.483 e. The van der Waals surface area contributed by atoms with Crippen LogP contribution in [0.4, 0.5) is 11.4 Å². The Morgan fingerprint density at radius 2 is 1.16 bits per heavy atom. The number of benzene rings is 3. The number of aryl methyl sites for hydroxylation is 3. The van der Waals surface area contributed by atoms with Gasteiger partial charge in [0, 0.05) is 11.4 Å². The SMILES string of the molecule is Cc1ccc(C(C)C)c(OCC(=O)Nc2ccc(C)c(NC(=O)COc3cc(C)ccc3C(C)C)c2)c1. The van der Waals surface area contributed by atoms with E-state index in [1.165, 1.54) is 0 Å². The first-order chi connectivity index (χ1) is 17.5. The summed E-state index contributed by atoms with van der Waals surface area (Å²) in [6.07, 6.45) is 0. The molecule has 0 aliphatic rings. The largest absolute Gasteiger partial charge is 0.483 e. The van der Waals surface area contributed by atoms with Crippen molar-refractivity contribution in [2.24, 2.45) is 0 Å². The molecule has 0 saturated heterocycles. The summed E-state index contributed by atoms with van der Waals surface area (Å²) in [5, 5.41) is 5.75. The van der Waals surface area contributed by atoms with Crippen molar-refractivity contribution >= 4 is 23.2 Å². The van der Waals surface area contributed by atoms with Crippen LogP contribution in [0.5, 0.6) is 11.5 Å². The van der Waals surface area contributed by atoms with Gasteiger partial charge in [0.2, 0.25) is 0 Å². The summed E-state index contributed by atoms with van der Waals surface area (Å²) in [4.78, 5) is 25.3. The minimum atomic E-state index is -0.277. The van der Waals surface area contributed by atoms with E-state index in [1.54, 1.807) is 12.1 Å². The molecule has 0 fully saturated rings. The zero-order chi connectivity index (χ0) is 27.1. The van der Waals surface area contributed by atoms with Gasteiger partial charge in [-0.05, 0) is 84.7 Å². The van der Waals surface area contributed by atoms with E-state index in [2.05, 4.69) is 38.3 Å². The molecule has 6 heteroatoms. The van der Waals surface area contributed by atoms with Gasteiger partial charge >= 0.3 is 0 Å². The third kappa shape index (κ3) is 7.84. The Morgan fingerprint density at radius 1 is 0.676 bits per heavy atom. The van der Waals surface area contributed by atoms with Gasteiger partial charge in [-0.1, -0.05) is 58.0 Å². The van der Waals surface area contributed by atoms with Crippen LogP contribution in [0.2, 0.25) is 0 Å². The summed E-state index contributed by atoms with van der Waals surface area (Å²) < 4.78 is 11.7. The summed E-state index contributed by atoms with van der Waals surface area (Å²) in [6.45, 7) is 14.0. The van der Waals surface area contributed by atoms with E-state index in [-0.39, 0.29) is 36.9 Å². The Balaban J connectivity index is 1.60. The van der Waals surface area contributed by atoms with Crippen molar-refractivity contribution < 1.29 is 19.1 Å². The van der Waals surface area contributed by atoms with Crippen molar-refractivity contribution in [1.82, 2.24) is 0 Å². The Kier molecular flexibility index (Phi) is 9.34. The van der Waals surface area contributed by atoms with E-state index in [0.717, 1.165) is 39.3 Å². The average Bonchev–Trinajstić information content (AvgIpc) is 2.83. The standard InChI is InChI=1S/C31H38N2O4/c1-19(2)25-12-8-21(5)14-28(25)36-17-30(34)32-24-11-10-23(7)27(16-24)33-31(35)18-37-29-15-22(6)9-13-26(29)20(3)4/h8-16,19-20H,17-18H2,1-7H3,(H,32,34)(H,33,35). The number of hydrogen-bond acceptors (Lipinski definition) is 4. The zero-order valence-electron chi connectivity index (χ0n) is 22.9. The van der Waals surface area contributed by atoms with E-state index < -0.39 is 0 Å². The number of hydrogen-bond donors (Lipinski definition) is 2. The Morgan fingerprint density at radius 3 is 1.65 bits per heavy atom. The maximum atomic E-state index is 12.7. The smallest absolute Gasteiger partial charge is 0.262 e. The molecule has 3 rings (SSSR count). The number of nitrogens with one attached hydrogen (secondary N) is 2. The van der Waals surface area contributed by atoms with Gasteiger partial charge in [-0.2, -0.15) is 0 Å². The second-order valence-corrected chi connectivity index (χ2v) is 10.1. The lowest BCUT2D eigenvalue weighted by Crippen LogP contribution is -2.22. The first-order valence-electron chi connectivity index (χ1n) is 12.7. The van der Waals surface area contributed by atoms with Crippen molar-refractivity contribution in [3.05, 3.63) is 82.4 Å². The third-order valence-electron chi connectivity index (χ3n) is 6.10. The fraction of sp³-hybridized carbons (Fsp3) is 0.355. The molecule has 2 amide bonds. The molecule has 2 N–H and O–H groups in total. The molecule has 0 aliphatic carbocycles. The topological polar surface area (TPSA) is 76.7 Å². The van der Waals surface area contributed by atoms with E-state index in [1.807, 2.05) is 63.2 Å². The maximum absolute atomic E-state index is 12.7. The lowest BCUT2D eigenvalue weighted by Gasteiger charge is -2.16. The van der Waals surface area contributed by atoms with Crippen LogP contribution in [0, 0.1) is 20.8 Å². The molecular formula is C31H38N2O4. The fourth-order valence-corrected chi connectivity index (χ4v) is 3.99. The second kappa shape index (κ2) is 12.4. The molecule has 0 atom stereocenters. The third-order valence-corrected chi connectivity index (χ3v) is 6.10. The lowest BCUT2D eigenvalue weighted by atomic mass is 10.0. The monoisotopic (exact) mass is 502 g/mol. The van der Waals surface area contributed by atoms with Crippen LogP contribution >= 0.6 is 0 Å². The highest BCUT2D eigenvalue weighted by atomic mass is 16.5. The van der Waals surface area contributed by atoms with E-state index in [4.69, 9.17) is 9.47 Å². The molecule has 0 radical (unpaired) electrons. The number of amides is 2. The minimum absolute atomic E-state index is 0.109. The Labute approximate surface area is 220 Å². The van der Waals surface area contributed by atoms with Gasteiger partial charge in [0.05, 0.1) is 0 Å². The van der Waals surface area contributed by atoms with Crippen molar-refractivity contribution in [3.63, 3.8) is 0 Å². The van der Waals surface area contributed by atoms with Crippen LogP contribution in [0.1, 0.15) is 67.3 Å². The Bertz CT molecular complexity index is 1260. The van der Waals surface area contributed by atoms with E-state index in [0.29, 0.717) is 11.4 Å². The van der Waals surface area contributed by atoms with Crippen molar-refractivity contribution in [1.29, 1.82) is 0 Å². The molecule has 0 unspecified atom stereocenters. The molecule has 196 valence electrons. The Hall–Kier alpha value is -3.80. The highest BCUT2D eigenvalue weighted by Gasteiger charge is 2.13. The van der Waals surface area contributed by atoms with Gasteiger partial charge in [0.15, 0.2) is 13.2 Å². The van der Waals surface area contributed by atoms with Crippen LogP contribution in [-0.2, 0) is 9.59 Å². The molecular weight excluding hydrogens is 464 g/mol. The van der Waals surface area contributed by atoms with E-state index in [9.17, 15) is 9.59 Å². The fourth-order valence-electron chi connectivity index (χ4n) is 3.99. The summed E-state index contributed by atoms with van der Waals surface area (Å²) in [5.74, 6) is 1.46. The molecule has 0 bridgehead atoms. The predicted octanol–water partition coefficient (Wildman–Crippen LogP) is 6.89. The summed E-state index contributed by atoms with van der Waals surface area (Å²) in [6, 6.07) is 17.4. The average molecular weight is 503 g/mol. The normalized spacial score (nSPS) is 10.9. The molecule has 0 heterocycles.